The minimum absolute atomic E-state index is 0. The van der Waals surface area contributed by atoms with E-state index < -0.39 is 0 Å². The van der Waals surface area contributed by atoms with Crippen molar-refractivity contribution in [2.75, 3.05) is 19.7 Å². The molecule has 134 valence electrons. The topological polar surface area (TPSA) is 77.4 Å². The van der Waals surface area contributed by atoms with Crippen LogP contribution in [0.25, 0.3) is 0 Å². The number of hydrogen-bond acceptors (Lipinski definition) is 6. The smallest absolute Gasteiger partial charge is 0.240 e. The molecule has 0 saturated carbocycles. The fourth-order valence-corrected chi connectivity index (χ4v) is 2.72. The van der Waals surface area contributed by atoms with Crippen molar-refractivity contribution >= 4 is 12.4 Å². The standard InChI is InChI=1S/C16H30N4O2.ClH/c1-11(2)9-21-12(3)15-18-14(22-19-15)8-20-7-6-13(17)16(4,5)10-20;/h11-13H,6-10,17H2,1-5H3;1H. The predicted octanol–water partition coefficient (Wildman–Crippen LogP) is 2.78. The largest absolute Gasteiger partial charge is 0.370 e. The van der Waals surface area contributed by atoms with Gasteiger partial charge >= 0.3 is 0 Å². The van der Waals surface area contributed by atoms with Crippen LogP contribution < -0.4 is 5.73 Å². The van der Waals surface area contributed by atoms with Crippen LogP contribution in [-0.4, -0.2) is 40.8 Å². The van der Waals surface area contributed by atoms with Crippen LogP contribution in [0.5, 0.6) is 0 Å². The summed E-state index contributed by atoms with van der Waals surface area (Å²) in [5.41, 5.74) is 6.29. The number of piperidine rings is 1. The molecular weight excluding hydrogens is 316 g/mol. The molecule has 0 amide bonds. The normalized spacial score (nSPS) is 22.8. The molecule has 1 fully saturated rings. The third kappa shape index (κ3) is 5.71. The maximum Gasteiger partial charge on any atom is 0.240 e. The summed E-state index contributed by atoms with van der Waals surface area (Å²) < 4.78 is 11.1. The Kier molecular flexibility index (Phi) is 7.45. The average molecular weight is 347 g/mol. The van der Waals surface area contributed by atoms with Crippen LogP contribution >= 0.6 is 12.4 Å². The minimum atomic E-state index is -0.133. The number of aromatic nitrogens is 2. The zero-order chi connectivity index (χ0) is 16.3. The fraction of sp³-hybridized carbons (Fsp3) is 0.875. The van der Waals surface area contributed by atoms with Gasteiger partial charge in [0.15, 0.2) is 5.82 Å². The maximum absolute atomic E-state index is 6.18. The van der Waals surface area contributed by atoms with Crippen molar-refractivity contribution in [1.29, 1.82) is 0 Å². The van der Waals surface area contributed by atoms with E-state index in [2.05, 4.69) is 42.7 Å². The van der Waals surface area contributed by atoms with E-state index in [4.69, 9.17) is 15.0 Å². The van der Waals surface area contributed by atoms with E-state index >= 15 is 0 Å². The van der Waals surface area contributed by atoms with E-state index in [1.807, 2.05) is 6.92 Å². The molecule has 1 aliphatic heterocycles. The van der Waals surface area contributed by atoms with Crippen molar-refractivity contribution in [2.45, 2.75) is 59.7 Å². The first-order valence-corrected chi connectivity index (χ1v) is 8.20. The van der Waals surface area contributed by atoms with Gasteiger partial charge in [0, 0.05) is 25.7 Å². The van der Waals surface area contributed by atoms with Gasteiger partial charge in [0.25, 0.3) is 0 Å². The highest BCUT2D eigenvalue weighted by Crippen LogP contribution is 2.28. The Bertz CT molecular complexity index is 478. The third-order valence-corrected chi connectivity index (χ3v) is 4.28. The van der Waals surface area contributed by atoms with Crippen LogP contribution in [0.15, 0.2) is 4.52 Å². The van der Waals surface area contributed by atoms with Crippen molar-refractivity contribution in [3.8, 4) is 0 Å². The van der Waals surface area contributed by atoms with Crippen molar-refractivity contribution in [1.82, 2.24) is 15.0 Å². The van der Waals surface area contributed by atoms with Crippen molar-refractivity contribution in [3.05, 3.63) is 11.7 Å². The fourth-order valence-electron chi connectivity index (χ4n) is 2.72. The highest BCUT2D eigenvalue weighted by atomic mass is 35.5. The molecule has 2 heterocycles. The highest BCUT2D eigenvalue weighted by molar-refractivity contribution is 5.85. The van der Waals surface area contributed by atoms with E-state index in [0.29, 0.717) is 30.8 Å². The molecule has 0 aliphatic carbocycles. The van der Waals surface area contributed by atoms with Gasteiger partial charge in [-0.3, -0.25) is 4.90 Å². The Morgan fingerprint density at radius 1 is 1.39 bits per heavy atom. The first kappa shape index (κ1) is 20.4. The van der Waals surface area contributed by atoms with Crippen LogP contribution in [-0.2, 0) is 11.3 Å². The molecule has 2 rings (SSSR count). The zero-order valence-corrected chi connectivity index (χ0v) is 15.7. The molecule has 0 bridgehead atoms. The van der Waals surface area contributed by atoms with E-state index in [0.717, 1.165) is 19.5 Å². The van der Waals surface area contributed by atoms with Crippen LogP contribution in [0, 0.1) is 11.3 Å². The van der Waals surface area contributed by atoms with Gasteiger partial charge < -0.3 is 15.0 Å². The van der Waals surface area contributed by atoms with Crippen LogP contribution in [0.3, 0.4) is 0 Å². The first-order valence-electron chi connectivity index (χ1n) is 8.20. The molecule has 1 aliphatic rings. The van der Waals surface area contributed by atoms with Gasteiger partial charge in [0.2, 0.25) is 5.89 Å². The summed E-state index contributed by atoms with van der Waals surface area (Å²) in [6.45, 7) is 13.9. The van der Waals surface area contributed by atoms with Gasteiger partial charge in [0.05, 0.1) is 6.54 Å². The van der Waals surface area contributed by atoms with Gasteiger partial charge in [-0.2, -0.15) is 4.98 Å². The molecule has 1 aromatic heterocycles. The van der Waals surface area contributed by atoms with Crippen molar-refractivity contribution in [2.24, 2.45) is 17.1 Å². The molecule has 1 saturated heterocycles. The third-order valence-electron chi connectivity index (χ3n) is 4.28. The summed E-state index contributed by atoms with van der Waals surface area (Å²) in [4.78, 5) is 6.81. The lowest BCUT2D eigenvalue weighted by Gasteiger charge is -2.42. The quantitative estimate of drug-likeness (QED) is 0.853. The van der Waals surface area contributed by atoms with Crippen LogP contribution in [0.4, 0.5) is 0 Å². The summed E-state index contributed by atoms with van der Waals surface area (Å²) >= 11 is 0. The van der Waals surface area contributed by atoms with Gasteiger partial charge in [-0.15, -0.1) is 12.4 Å². The van der Waals surface area contributed by atoms with E-state index in [1.54, 1.807) is 0 Å². The first-order chi connectivity index (χ1) is 10.3. The van der Waals surface area contributed by atoms with E-state index in [9.17, 15) is 0 Å². The Balaban J connectivity index is 0.00000264. The average Bonchev–Trinajstić information content (AvgIpc) is 2.88. The molecule has 0 radical (unpaired) electrons. The molecule has 23 heavy (non-hydrogen) atoms. The number of hydrogen-bond donors (Lipinski definition) is 1. The van der Waals surface area contributed by atoms with Crippen LogP contribution in [0.1, 0.15) is 58.9 Å². The van der Waals surface area contributed by atoms with Gasteiger partial charge in [-0.1, -0.05) is 32.9 Å². The second-order valence-electron chi connectivity index (χ2n) is 7.51. The van der Waals surface area contributed by atoms with Gasteiger partial charge in [-0.25, -0.2) is 0 Å². The number of nitrogens with two attached hydrogens (primary N) is 1. The molecule has 2 atom stereocenters. The monoisotopic (exact) mass is 346 g/mol. The highest BCUT2D eigenvalue weighted by Gasteiger charge is 2.33. The zero-order valence-electron chi connectivity index (χ0n) is 14.9. The lowest BCUT2D eigenvalue weighted by Crippen LogP contribution is -2.52. The number of nitrogens with zero attached hydrogens (tertiary/aromatic N) is 3. The Hall–Kier alpha value is -0.690. The molecule has 6 nitrogen and oxygen atoms in total. The van der Waals surface area contributed by atoms with Crippen molar-refractivity contribution in [3.63, 3.8) is 0 Å². The number of rotatable bonds is 6. The molecule has 0 aromatic carbocycles. The summed E-state index contributed by atoms with van der Waals surface area (Å²) in [5, 5.41) is 4.05. The lowest BCUT2D eigenvalue weighted by atomic mass is 9.80. The maximum atomic E-state index is 6.18. The second kappa shape index (κ2) is 8.42. The van der Waals surface area contributed by atoms with Crippen LogP contribution in [0.2, 0.25) is 0 Å². The summed E-state index contributed by atoms with van der Waals surface area (Å²) in [6.07, 6.45) is 0.869. The molecule has 7 heteroatoms. The molecule has 1 aromatic rings. The minimum Gasteiger partial charge on any atom is -0.370 e. The predicted molar refractivity (Wildman–Crippen MR) is 92.4 cm³/mol. The molecule has 2 N–H and O–H groups in total. The summed E-state index contributed by atoms with van der Waals surface area (Å²) in [7, 11) is 0. The van der Waals surface area contributed by atoms with E-state index in [1.165, 1.54) is 0 Å². The summed E-state index contributed by atoms with van der Waals surface area (Å²) in [6, 6.07) is 0.256. The van der Waals surface area contributed by atoms with Gasteiger partial charge in [-0.05, 0) is 24.7 Å². The SMILES string of the molecule is CC(C)COC(C)c1noc(CN2CCC(N)C(C)(C)C2)n1.Cl. The Labute approximate surface area is 145 Å². The van der Waals surface area contributed by atoms with Gasteiger partial charge in [0.1, 0.15) is 6.10 Å². The lowest BCUT2D eigenvalue weighted by molar-refractivity contribution is 0.0402. The molecular formula is C16H31ClN4O2. The second-order valence-corrected chi connectivity index (χ2v) is 7.51. The van der Waals surface area contributed by atoms with Crippen molar-refractivity contribution < 1.29 is 9.26 Å². The summed E-state index contributed by atoms with van der Waals surface area (Å²) in [5.74, 6) is 1.78. The number of ether oxygens (including phenoxy) is 1. The van der Waals surface area contributed by atoms with E-state index in [-0.39, 0.29) is 30.0 Å². The Morgan fingerprint density at radius 3 is 2.70 bits per heavy atom. The molecule has 0 spiro atoms. The number of halogens is 1. The number of likely N-dealkylation sites (tertiary alicyclic amines) is 1. The molecule has 2 unspecified atom stereocenters. The Morgan fingerprint density at radius 2 is 2.09 bits per heavy atom.